The van der Waals surface area contributed by atoms with Crippen LogP contribution >= 0.6 is 31.9 Å². The van der Waals surface area contributed by atoms with E-state index in [4.69, 9.17) is 0 Å². The first kappa shape index (κ1) is 14.3. The Kier molecular flexibility index (Phi) is 4.47. The van der Waals surface area contributed by atoms with Crippen molar-refractivity contribution >= 4 is 37.6 Å². The molecule has 0 saturated carbocycles. The summed E-state index contributed by atoms with van der Waals surface area (Å²) >= 11 is 6.55. The number of hydrogen-bond donors (Lipinski definition) is 0. The van der Waals surface area contributed by atoms with Crippen molar-refractivity contribution in [3.05, 3.63) is 68.1 Å². The molecule has 19 heavy (non-hydrogen) atoms. The van der Waals surface area contributed by atoms with Crippen LogP contribution in [0.25, 0.3) is 0 Å². The van der Waals surface area contributed by atoms with E-state index in [1.807, 2.05) is 0 Å². The lowest BCUT2D eigenvalue weighted by Gasteiger charge is -2.05. The van der Waals surface area contributed by atoms with Gasteiger partial charge in [0, 0.05) is 20.9 Å². The number of ketones is 1. The first-order valence-electron chi connectivity index (χ1n) is 5.39. The Hall–Kier alpha value is -1.07. The van der Waals surface area contributed by atoms with E-state index in [-0.39, 0.29) is 17.8 Å². The quantitative estimate of drug-likeness (QED) is 0.681. The Bertz CT molecular complexity index is 621. The Balaban J connectivity index is 2.28. The van der Waals surface area contributed by atoms with Gasteiger partial charge < -0.3 is 0 Å². The van der Waals surface area contributed by atoms with Crippen molar-refractivity contribution in [3.63, 3.8) is 0 Å². The molecule has 0 bridgehead atoms. The van der Waals surface area contributed by atoms with Crippen LogP contribution in [0.5, 0.6) is 0 Å². The minimum Gasteiger partial charge on any atom is -0.294 e. The van der Waals surface area contributed by atoms with Crippen LogP contribution in [-0.4, -0.2) is 5.78 Å². The van der Waals surface area contributed by atoms with E-state index in [0.29, 0.717) is 5.56 Å². The molecule has 0 fully saturated rings. The molecule has 0 aliphatic heterocycles. The normalized spacial score (nSPS) is 10.5. The smallest absolute Gasteiger partial charge is 0.167 e. The third kappa shape index (κ3) is 3.70. The molecule has 0 aromatic heterocycles. The highest BCUT2D eigenvalue weighted by Crippen LogP contribution is 2.22. The van der Waals surface area contributed by atoms with E-state index < -0.39 is 11.6 Å². The molecule has 2 rings (SSSR count). The summed E-state index contributed by atoms with van der Waals surface area (Å²) in [6.45, 7) is 0. The van der Waals surface area contributed by atoms with E-state index in [0.717, 1.165) is 27.1 Å². The molecule has 0 aliphatic carbocycles. The molecular weight excluding hydrogens is 382 g/mol. The van der Waals surface area contributed by atoms with Gasteiger partial charge >= 0.3 is 0 Å². The van der Waals surface area contributed by atoms with Gasteiger partial charge in [0.05, 0.1) is 0 Å². The van der Waals surface area contributed by atoms with Gasteiger partial charge in [-0.25, -0.2) is 8.78 Å². The van der Waals surface area contributed by atoms with Crippen LogP contribution in [-0.2, 0) is 6.42 Å². The third-order valence-corrected chi connectivity index (χ3v) is 3.46. The van der Waals surface area contributed by atoms with Gasteiger partial charge in [-0.1, -0.05) is 31.9 Å². The molecule has 2 aromatic carbocycles. The average molecular weight is 390 g/mol. The maximum atomic E-state index is 13.5. The van der Waals surface area contributed by atoms with Crippen molar-refractivity contribution in [2.45, 2.75) is 6.42 Å². The van der Waals surface area contributed by atoms with Crippen LogP contribution in [0.1, 0.15) is 15.9 Å². The molecule has 5 heteroatoms. The second-order valence-corrected chi connectivity index (χ2v) is 5.83. The molecule has 0 aliphatic rings. The SMILES string of the molecule is O=C(Cc1cc(F)ccc1F)c1cc(Br)cc(Br)c1. The molecule has 0 heterocycles. The first-order chi connectivity index (χ1) is 8.95. The first-order valence-corrected chi connectivity index (χ1v) is 6.97. The van der Waals surface area contributed by atoms with Gasteiger partial charge in [0.15, 0.2) is 5.78 Å². The molecule has 0 saturated heterocycles. The van der Waals surface area contributed by atoms with Crippen molar-refractivity contribution in [3.8, 4) is 0 Å². The predicted molar refractivity (Wildman–Crippen MR) is 76.2 cm³/mol. The van der Waals surface area contributed by atoms with Gasteiger partial charge in [-0.3, -0.25) is 4.79 Å². The molecule has 0 spiro atoms. The molecule has 0 N–H and O–H groups in total. The Morgan fingerprint density at radius 3 is 2.26 bits per heavy atom. The number of carbonyl (C=O) groups excluding carboxylic acids is 1. The molecule has 98 valence electrons. The largest absolute Gasteiger partial charge is 0.294 e. The number of carbonyl (C=O) groups is 1. The fourth-order valence-electron chi connectivity index (χ4n) is 1.67. The van der Waals surface area contributed by atoms with Crippen LogP contribution in [0.3, 0.4) is 0 Å². The van der Waals surface area contributed by atoms with Crippen molar-refractivity contribution in [1.82, 2.24) is 0 Å². The highest BCUT2D eigenvalue weighted by atomic mass is 79.9. The number of benzene rings is 2. The zero-order chi connectivity index (χ0) is 14.0. The molecule has 2 aromatic rings. The molecule has 0 atom stereocenters. The van der Waals surface area contributed by atoms with Gasteiger partial charge in [0.25, 0.3) is 0 Å². The van der Waals surface area contributed by atoms with Gasteiger partial charge in [-0.15, -0.1) is 0 Å². The van der Waals surface area contributed by atoms with Gasteiger partial charge in [0.1, 0.15) is 11.6 Å². The van der Waals surface area contributed by atoms with Crippen LogP contribution in [0.4, 0.5) is 8.78 Å². The lowest BCUT2D eigenvalue weighted by molar-refractivity contribution is 0.0991. The van der Waals surface area contributed by atoms with E-state index in [9.17, 15) is 13.6 Å². The summed E-state index contributed by atoms with van der Waals surface area (Å²) in [7, 11) is 0. The lowest BCUT2D eigenvalue weighted by atomic mass is 10.0. The minimum absolute atomic E-state index is 0.0566. The van der Waals surface area contributed by atoms with Crippen LogP contribution < -0.4 is 0 Å². The zero-order valence-electron chi connectivity index (χ0n) is 9.59. The number of hydrogen-bond acceptors (Lipinski definition) is 1. The monoisotopic (exact) mass is 388 g/mol. The Morgan fingerprint density at radius 1 is 1.00 bits per heavy atom. The molecule has 0 radical (unpaired) electrons. The fraction of sp³-hybridized carbons (Fsp3) is 0.0714. The molecule has 0 unspecified atom stereocenters. The van der Waals surface area contributed by atoms with Crippen LogP contribution in [0.15, 0.2) is 45.3 Å². The Labute approximate surface area is 125 Å². The second-order valence-electron chi connectivity index (χ2n) is 3.99. The maximum absolute atomic E-state index is 13.5. The molecule has 0 amide bonds. The highest BCUT2D eigenvalue weighted by Gasteiger charge is 2.12. The third-order valence-electron chi connectivity index (χ3n) is 2.54. The molecule has 1 nitrogen and oxygen atoms in total. The number of rotatable bonds is 3. The summed E-state index contributed by atoms with van der Waals surface area (Å²) in [6, 6.07) is 8.17. The van der Waals surface area contributed by atoms with Crippen molar-refractivity contribution in [2.75, 3.05) is 0 Å². The van der Waals surface area contributed by atoms with E-state index >= 15 is 0 Å². The lowest BCUT2D eigenvalue weighted by Crippen LogP contribution is -2.05. The van der Waals surface area contributed by atoms with Crippen LogP contribution in [0.2, 0.25) is 0 Å². The predicted octanol–water partition coefficient (Wildman–Crippen LogP) is 4.92. The van der Waals surface area contributed by atoms with E-state index in [1.165, 1.54) is 0 Å². The van der Waals surface area contributed by atoms with E-state index in [1.54, 1.807) is 18.2 Å². The average Bonchev–Trinajstić information content (AvgIpc) is 2.32. The summed E-state index contributed by atoms with van der Waals surface area (Å²) in [6.07, 6.45) is -0.174. The summed E-state index contributed by atoms with van der Waals surface area (Å²) in [4.78, 5) is 12.1. The summed E-state index contributed by atoms with van der Waals surface area (Å²) in [5, 5.41) is 0. The summed E-state index contributed by atoms with van der Waals surface area (Å²) in [5.41, 5.74) is 0.492. The number of halogens is 4. The van der Waals surface area contributed by atoms with Crippen molar-refractivity contribution in [2.24, 2.45) is 0 Å². The van der Waals surface area contributed by atoms with Gasteiger partial charge in [-0.05, 0) is 42.0 Å². The van der Waals surface area contributed by atoms with E-state index in [2.05, 4.69) is 31.9 Å². The van der Waals surface area contributed by atoms with Crippen LogP contribution in [0, 0.1) is 11.6 Å². The fourth-order valence-corrected chi connectivity index (χ4v) is 2.96. The number of Topliss-reactive ketones (excluding diaryl/α,β-unsaturated/α-hetero) is 1. The second kappa shape index (κ2) is 5.92. The highest BCUT2D eigenvalue weighted by molar-refractivity contribution is 9.11. The summed E-state index contributed by atoms with van der Waals surface area (Å²) in [5.74, 6) is -1.41. The molecular formula is C14H8Br2F2O. The van der Waals surface area contributed by atoms with Gasteiger partial charge in [-0.2, -0.15) is 0 Å². The minimum atomic E-state index is -0.580. The maximum Gasteiger partial charge on any atom is 0.167 e. The summed E-state index contributed by atoms with van der Waals surface area (Å²) < 4.78 is 28.0. The van der Waals surface area contributed by atoms with Crippen molar-refractivity contribution in [1.29, 1.82) is 0 Å². The van der Waals surface area contributed by atoms with Crippen molar-refractivity contribution < 1.29 is 13.6 Å². The Morgan fingerprint density at radius 2 is 1.63 bits per heavy atom. The topological polar surface area (TPSA) is 17.1 Å². The van der Waals surface area contributed by atoms with Gasteiger partial charge in [0.2, 0.25) is 0 Å². The standard InChI is InChI=1S/C14H8Br2F2O/c15-10-3-9(4-11(16)7-10)14(19)6-8-5-12(17)1-2-13(8)18/h1-5,7H,6H2. The zero-order valence-corrected chi connectivity index (χ0v) is 12.8.